The minimum absolute atomic E-state index is 0.0832. The van der Waals surface area contributed by atoms with Gasteiger partial charge in [0.15, 0.2) is 0 Å². The van der Waals surface area contributed by atoms with E-state index < -0.39 is 5.69 Å². The Labute approximate surface area is 94.5 Å². The van der Waals surface area contributed by atoms with Gasteiger partial charge in [-0.25, -0.2) is 0 Å². The summed E-state index contributed by atoms with van der Waals surface area (Å²) in [5.74, 6) is 0.814. The van der Waals surface area contributed by atoms with E-state index in [0.717, 1.165) is 12.2 Å². The lowest BCUT2D eigenvalue weighted by molar-refractivity contribution is 0.0672. The molecule has 0 atom stereocenters. The third-order valence-electron chi connectivity index (χ3n) is 1.78. The Bertz CT molecular complexity index is 219. The average Bonchev–Trinajstić information content (AvgIpc) is 2.12. The maximum absolute atomic E-state index is 8.65. The van der Waals surface area contributed by atoms with Gasteiger partial charge in [-0.3, -0.25) is 0 Å². The van der Waals surface area contributed by atoms with Crippen LogP contribution in [0.4, 0.5) is 0 Å². The molecule has 1 heterocycles. The fourth-order valence-corrected chi connectivity index (χ4v) is 5.43. The maximum Gasteiger partial charge on any atom is 0.247 e. The van der Waals surface area contributed by atoms with Gasteiger partial charge in [0.1, 0.15) is 0 Å². The Kier molecular flexibility index (Phi) is 4.88. The second kappa shape index (κ2) is 5.28. The van der Waals surface area contributed by atoms with Crippen LogP contribution in [0.2, 0.25) is 0 Å². The van der Waals surface area contributed by atoms with Crippen molar-refractivity contribution in [3.63, 3.8) is 0 Å². The smallest absolute Gasteiger partial charge is 0.247 e. The van der Waals surface area contributed by atoms with Crippen LogP contribution in [0.1, 0.15) is 20.3 Å². The Morgan fingerprint density at radius 1 is 1.43 bits per heavy atom. The number of rotatable bonds is 4. The molecule has 3 nitrogen and oxygen atoms in total. The lowest BCUT2D eigenvalue weighted by atomic mass is 9.97. The van der Waals surface area contributed by atoms with E-state index in [1.54, 1.807) is 11.4 Å². The highest BCUT2D eigenvalue weighted by atomic mass is 32.9. The van der Waals surface area contributed by atoms with E-state index in [1.165, 1.54) is 0 Å². The molecule has 0 unspecified atom stereocenters. The van der Waals surface area contributed by atoms with Crippen LogP contribution in [0.25, 0.3) is 0 Å². The summed E-state index contributed by atoms with van der Waals surface area (Å²) in [6.07, 6.45) is 0.749. The van der Waals surface area contributed by atoms with E-state index in [1.807, 2.05) is 0 Å². The molecule has 14 heavy (non-hydrogen) atoms. The van der Waals surface area contributed by atoms with Crippen molar-refractivity contribution in [3.8, 4) is 0 Å². The van der Waals surface area contributed by atoms with Gasteiger partial charge in [-0.15, -0.1) is 0 Å². The van der Waals surface area contributed by atoms with E-state index >= 15 is 0 Å². The van der Waals surface area contributed by atoms with E-state index in [0.29, 0.717) is 13.2 Å². The van der Waals surface area contributed by atoms with Crippen LogP contribution in [-0.4, -0.2) is 30.7 Å². The fraction of sp³-hybridized carbons (Fsp3) is 1.00. The van der Waals surface area contributed by atoms with Gasteiger partial charge in [-0.05, 0) is 18.2 Å². The molecule has 1 aliphatic rings. The van der Waals surface area contributed by atoms with Gasteiger partial charge in [0, 0.05) is 17.8 Å². The van der Waals surface area contributed by atoms with Crippen LogP contribution < -0.4 is 0 Å². The first-order valence-corrected chi connectivity index (χ1v) is 8.85. The van der Waals surface area contributed by atoms with E-state index in [4.69, 9.17) is 26.0 Å². The molecular formula is C8H17O3PS2. The van der Waals surface area contributed by atoms with Crippen LogP contribution in [0.15, 0.2) is 0 Å². The van der Waals surface area contributed by atoms with Crippen LogP contribution in [0, 0.1) is 5.41 Å². The van der Waals surface area contributed by atoms with Gasteiger partial charge in [0.2, 0.25) is 5.69 Å². The van der Waals surface area contributed by atoms with Gasteiger partial charge in [0.25, 0.3) is 0 Å². The van der Waals surface area contributed by atoms with Gasteiger partial charge < -0.3 is 14.2 Å². The van der Waals surface area contributed by atoms with Crippen molar-refractivity contribution in [1.82, 2.24) is 0 Å². The summed E-state index contributed by atoms with van der Waals surface area (Å²) in [4.78, 5) is 0. The quantitative estimate of drug-likeness (QED) is 0.617. The monoisotopic (exact) mass is 256 g/mol. The molecule has 0 saturated carbocycles. The molecule has 1 rings (SSSR count). The summed E-state index contributed by atoms with van der Waals surface area (Å²) >= 11 is 6.86. The fourth-order valence-electron chi connectivity index (χ4n) is 0.902. The molecule has 0 spiro atoms. The van der Waals surface area contributed by atoms with Crippen molar-refractivity contribution in [1.29, 1.82) is 0 Å². The third-order valence-corrected chi connectivity index (χ3v) is 7.17. The predicted octanol–water partition coefficient (Wildman–Crippen LogP) is 2.40. The molecule has 0 aromatic heterocycles. The second-order valence-corrected chi connectivity index (χ2v) is 10.5. The molecule has 0 bridgehead atoms. The zero-order valence-electron chi connectivity index (χ0n) is 8.56. The summed E-state index contributed by atoms with van der Waals surface area (Å²) in [6.45, 7) is 5.76. The van der Waals surface area contributed by atoms with Crippen molar-refractivity contribution in [2.75, 3.05) is 25.6 Å². The first-order valence-electron chi connectivity index (χ1n) is 4.62. The van der Waals surface area contributed by atoms with Crippen LogP contribution in [0.3, 0.4) is 0 Å². The first-order chi connectivity index (χ1) is 6.47. The second-order valence-electron chi connectivity index (χ2n) is 4.07. The SMILES string of the molecule is CC1(C)COP(=S)(SCCCO)OC1. The molecule has 1 N–H and O–H groups in total. The van der Waals surface area contributed by atoms with Crippen molar-refractivity contribution in [2.24, 2.45) is 5.41 Å². The van der Waals surface area contributed by atoms with E-state index in [9.17, 15) is 0 Å². The zero-order chi connectivity index (χ0) is 10.7. The summed E-state index contributed by atoms with van der Waals surface area (Å²) < 4.78 is 11.2. The van der Waals surface area contributed by atoms with Crippen LogP contribution in [-0.2, 0) is 20.9 Å². The number of hydrogen-bond donors (Lipinski definition) is 1. The standard InChI is InChI=1S/C8H17O3PS2/c1-8(2)6-10-12(13,11-7-8)14-5-3-4-9/h9H,3-7H2,1-2H3. The first kappa shape index (κ1) is 12.9. The zero-order valence-corrected chi connectivity index (χ0v) is 11.1. The van der Waals surface area contributed by atoms with Crippen molar-refractivity contribution >= 4 is 28.9 Å². The highest BCUT2D eigenvalue weighted by Crippen LogP contribution is 2.64. The van der Waals surface area contributed by atoms with E-state index in [2.05, 4.69) is 13.8 Å². The summed E-state index contributed by atoms with van der Waals surface area (Å²) in [5, 5.41) is 8.65. The molecule has 0 radical (unpaired) electrons. The molecular weight excluding hydrogens is 239 g/mol. The molecule has 6 heteroatoms. The van der Waals surface area contributed by atoms with Gasteiger partial charge >= 0.3 is 0 Å². The minimum Gasteiger partial charge on any atom is -0.396 e. The number of aliphatic hydroxyl groups excluding tert-OH is 1. The van der Waals surface area contributed by atoms with Gasteiger partial charge in [0.05, 0.1) is 13.2 Å². The maximum atomic E-state index is 8.65. The Morgan fingerprint density at radius 3 is 2.50 bits per heavy atom. The summed E-state index contributed by atoms with van der Waals surface area (Å²) in [7, 11) is 0. The lowest BCUT2D eigenvalue weighted by Gasteiger charge is -2.35. The highest BCUT2D eigenvalue weighted by molar-refractivity contribution is 8.67. The highest BCUT2D eigenvalue weighted by Gasteiger charge is 2.33. The van der Waals surface area contributed by atoms with Gasteiger partial charge in [-0.1, -0.05) is 25.2 Å². The molecule has 1 fully saturated rings. The predicted molar refractivity (Wildman–Crippen MR) is 64.1 cm³/mol. The molecule has 1 saturated heterocycles. The topological polar surface area (TPSA) is 38.7 Å². The largest absolute Gasteiger partial charge is 0.396 e. The van der Waals surface area contributed by atoms with Crippen LogP contribution >= 0.6 is 17.1 Å². The molecule has 0 amide bonds. The molecule has 84 valence electrons. The van der Waals surface area contributed by atoms with Crippen molar-refractivity contribution in [3.05, 3.63) is 0 Å². The van der Waals surface area contributed by atoms with Crippen LogP contribution in [0.5, 0.6) is 0 Å². The molecule has 1 aliphatic heterocycles. The number of hydrogen-bond acceptors (Lipinski definition) is 5. The van der Waals surface area contributed by atoms with Crippen molar-refractivity contribution < 1.29 is 14.2 Å². The Balaban J connectivity index is 2.34. The minimum atomic E-state index is -2.08. The summed E-state index contributed by atoms with van der Waals surface area (Å²) in [6, 6.07) is 0. The Hall–Kier alpha value is 0.880. The normalized spacial score (nSPS) is 24.8. The average molecular weight is 256 g/mol. The number of aliphatic hydroxyl groups is 1. The summed E-state index contributed by atoms with van der Waals surface area (Å²) in [5.41, 5.74) is -2.00. The molecule has 0 aliphatic carbocycles. The molecule has 0 aromatic carbocycles. The third kappa shape index (κ3) is 4.17. The van der Waals surface area contributed by atoms with Crippen molar-refractivity contribution in [2.45, 2.75) is 20.3 Å². The van der Waals surface area contributed by atoms with Gasteiger partial charge in [-0.2, -0.15) is 0 Å². The van der Waals surface area contributed by atoms with E-state index in [-0.39, 0.29) is 12.0 Å². The Morgan fingerprint density at radius 2 is 2.00 bits per heavy atom. The lowest BCUT2D eigenvalue weighted by Crippen LogP contribution is -2.28. The molecule has 0 aromatic rings.